The van der Waals surface area contributed by atoms with Gasteiger partial charge in [-0.25, -0.2) is 4.99 Å². The number of piperazine rings is 1. The number of hydrogen-bond acceptors (Lipinski definition) is 5. The summed E-state index contributed by atoms with van der Waals surface area (Å²) < 4.78 is 0. The van der Waals surface area contributed by atoms with Crippen LogP contribution in [-0.4, -0.2) is 48.8 Å². The van der Waals surface area contributed by atoms with Crippen LogP contribution in [0.15, 0.2) is 47.0 Å². The fourth-order valence-electron chi connectivity index (χ4n) is 3.33. The first-order valence-corrected chi connectivity index (χ1v) is 8.61. The molecule has 0 saturated carbocycles. The highest BCUT2D eigenvalue weighted by Gasteiger charge is 2.31. The van der Waals surface area contributed by atoms with Gasteiger partial charge in [-0.2, -0.15) is 0 Å². The molecule has 4 rings (SSSR count). The molecule has 1 unspecified atom stereocenters. The van der Waals surface area contributed by atoms with E-state index in [4.69, 9.17) is 9.98 Å². The molecule has 24 heavy (non-hydrogen) atoms. The largest absolute Gasteiger partial charge is 0.351 e. The van der Waals surface area contributed by atoms with Crippen molar-refractivity contribution in [1.29, 1.82) is 0 Å². The average Bonchev–Trinajstić information content (AvgIpc) is 2.82. The minimum atomic E-state index is 0.263. The predicted octanol–water partition coefficient (Wildman–Crippen LogP) is 2.79. The van der Waals surface area contributed by atoms with Gasteiger partial charge in [0.15, 0.2) is 11.7 Å². The van der Waals surface area contributed by atoms with E-state index in [2.05, 4.69) is 59.1 Å². The topological polar surface area (TPSA) is 43.2 Å². The van der Waals surface area contributed by atoms with Crippen LogP contribution in [0.25, 0.3) is 6.08 Å². The predicted molar refractivity (Wildman–Crippen MR) is 101 cm³/mol. The Labute approximate surface area is 143 Å². The number of rotatable bonds is 1. The van der Waals surface area contributed by atoms with Crippen LogP contribution >= 0.6 is 0 Å². The van der Waals surface area contributed by atoms with Crippen molar-refractivity contribution in [1.82, 2.24) is 10.2 Å². The number of nitrogens with one attached hydrogen (secondary N) is 1. The van der Waals surface area contributed by atoms with Gasteiger partial charge in [-0.3, -0.25) is 9.89 Å². The van der Waals surface area contributed by atoms with E-state index in [0.717, 1.165) is 61.2 Å². The first-order valence-electron chi connectivity index (χ1n) is 8.61. The van der Waals surface area contributed by atoms with Crippen LogP contribution in [0.4, 0.5) is 11.4 Å². The van der Waals surface area contributed by atoms with E-state index in [9.17, 15) is 0 Å². The summed E-state index contributed by atoms with van der Waals surface area (Å²) in [5, 5.41) is 3.41. The molecular formula is C19H23N5. The Morgan fingerprint density at radius 2 is 2.08 bits per heavy atom. The van der Waals surface area contributed by atoms with E-state index in [-0.39, 0.29) is 6.04 Å². The smallest absolute Gasteiger partial charge is 0.176 e. The number of benzene rings is 1. The summed E-state index contributed by atoms with van der Waals surface area (Å²) in [6, 6.07) is 6.54. The number of aliphatic imine (C=N–C) groups is 2. The monoisotopic (exact) mass is 321 g/mol. The molecule has 124 valence electrons. The molecule has 3 heterocycles. The van der Waals surface area contributed by atoms with E-state index in [0.29, 0.717) is 0 Å². The van der Waals surface area contributed by atoms with Gasteiger partial charge in [0.1, 0.15) is 0 Å². The molecule has 0 spiro atoms. The fraction of sp³-hybridized carbons (Fsp3) is 0.368. The zero-order valence-electron chi connectivity index (χ0n) is 14.1. The second-order valence-corrected chi connectivity index (χ2v) is 6.42. The third kappa shape index (κ3) is 2.65. The molecule has 1 N–H and O–H groups in total. The number of anilines is 1. The minimum Gasteiger partial charge on any atom is -0.351 e. The lowest BCUT2D eigenvalue weighted by molar-refractivity contribution is 0.360. The minimum absolute atomic E-state index is 0.263. The van der Waals surface area contributed by atoms with Crippen molar-refractivity contribution in [3.8, 4) is 0 Å². The Balaban J connectivity index is 1.86. The third-order valence-electron chi connectivity index (χ3n) is 4.64. The summed E-state index contributed by atoms with van der Waals surface area (Å²) in [5.41, 5.74) is 3.17. The van der Waals surface area contributed by atoms with Crippen LogP contribution in [-0.2, 0) is 0 Å². The molecule has 5 heteroatoms. The quantitative estimate of drug-likeness (QED) is 0.865. The molecule has 1 aromatic rings. The van der Waals surface area contributed by atoms with Gasteiger partial charge in [0.2, 0.25) is 0 Å². The summed E-state index contributed by atoms with van der Waals surface area (Å²) in [7, 11) is 0. The number of fused-ring (bicyclic) bond motifs is 3. The van der Waals surface area contributed by atoms with Crippen molar-refractivity contribution in [2.24, 2.45) is 9.98 Å². The van der Waals surface area contributed by atoms with E-state index in [1.165, 1.54) is 0 Å². The molecule has 0 aliphatic carbocycles. The second-order valence-electron chi connectivity index (χ2n) is 6.42. The lowest BCUT2D eigenvalue weighted by Gasteiger charge is -2.36. The molecule has 3 aliphatic rings. The molecule has 1 aromatic carbocycles. The zero-order chi connectivity index (χ0) is 16.5. The Bertz CT molecular complexity index is 740. The molecular weight excluding hydrogens is 298 g/mol. The van der Waals surface area contributed by atoms with Crippen LogP contribution in [0.2, 0.25) is 0 Å². The van der Waals surface area contributed by atoms with E-state index in [1.807, 2.05) is 6.08 Å². The standard InChI is InChI=1S/C19H23N5/c1-3-15-6-7-16-17(13-15)24-10-4-5-14(2)21-19(24)18(22-16)23-11-8-20-9-12-23/h3-4,6-7,10,13-14,20H,1,5,8-9,11-12H2,2H3. The molecule has 1 fully saturated rings. The van der Waals surface area contributed by atoms with Gasteiger partial charge in [0, 0.05) is 32.4 Å². The maximum absolute atomic E-state index is 4.98. The van der Waals surface area contributed by atoms with Crippen LogP contribution in [0.5, 0.6) is 0 Å². The van der Waals surface area contributed by atoms with Gasteiger partial charge in [-0.1, -0.05) is 24.8 Å². The van der Waals surface area contributed by atoms with Crippen LogP contribution in [0, 0.1) is 0 Å². The average molecular weight is 321 g/mol. The van der Waals surface area contributed by atoms with Crippen molar-refractivity contribution < 1.29 is 0 Å². The summed E-state index contributed by atoms with van der Waals surface area (Å²) in [6.45, 7) is 9.94. The third-order valence-corrected chi connectivity index (χ3v) is 4.64. The summed E-state index contributed by atoms with van der Waals surface area (Å²) >= 11 is 0. The second kappa shape index (κ2) is 6.24. The fourth-order valence-corrected chi connectivity index (χ4v) is 3.33. The van der Waals surface area contributed by atoms with Crippen molar-refractivity contribution in [2.45, 2.75) is 19.4 Å². The van der Waals surface area contributed by atoms with Crippen LogP contribution in [0.1, 0.15) is 18.9 Å². The van der Waals surface area contributed by atoms with Gasteiger partial charge in [-0.15, -0.1) is 0 Å². The molecule has 0 bridgehead atoms. The van der Waals surface area contributed by atoms with Crippen molar-refractivity contribution in [2.75, 3.05) is 31.1 Å². The summed E-state index contributed by atoms with van der Waals surface area (Å²) in [5.74, 6) is 1.96. The van der Waals surface area contributed by atoms with Gasteiger partial charge in [-0.05, 0) is 31.0 Å². The van der Waals surface area contributed by atoms with Crippen molar-refractivity contribution >= 4 is 29.1 Å². The molecule has 1 saturated heterocycles. The highest BCUT2D eigenvalue weighted by Crippen LogP contribution is 2.36. The Morgan fingerprint density at radius 1 is 1.25 bits per heavy atom. The SMILES string of the molecule is C=Cc1ccc2c(c1)N1C=CCC(C)N=C1C(N1CCNCC1)=N2. The van der Waals surface area contributed by atoms with Gasteiger partial charge < -0.3 is 10.2 Å². The van der Waals surface area contributed by atoms with Crippen LogP contribution < -0.4 is 10.2 Å². The van der Waals surface area contributed by atoms with Crippen molar-refractivity contribution in [3.05, 3.63) is 42.6 Å². The van der Waals surface area contributed by atoms with Gasteiger partial charge >= 0.3 is 0 Å². The lowest BCUT2D eigenvalue weighted by atomic mass is 10.1. The Hall–Kier alpha value is -2.40. The van der Waals surface area contributed by atoms with Crippen LogP contribution in [0.3, 0.4) is 0 Å². The highest BCUT2D eigenvalue weighted by atomic mass is 15.3. The normalized spacial score (nSPS) is 23.0. The number of hydrogen-bond donors (Lipinski definition) is 1. The maximum atomic E-state index is 4.98. The molecule has 5 nitrogen and oxygen atoms in total. The highest BCUT2D eigenvalue weighted by molar-refractivity contribution is 6.47. The summed E-state index contributed by atoms with van der Waals surface area (Å²) in [6.07, 6.45) is 7.17. The maximum Gasteiger partial charge on any atom is 0.176 e. The molecule has 3 aliphatic heterocycles. The number of amidine groups is 2. The molecule has 0 amide bonds. The van der Waals surface area contributed by atoms with E-state index < -0.39 is 0 Å². The van der Waals surface area contributed by atoms with E-state index in [1.54, 1.807) is 0 Å². The van der Waals surface area contributed by atoms with Gasteiger partial charge in [0.25, 0.3) is 0 Å². The molecule has 0 radical (unpaired) electrons. The number of nitrogens with zero attached hydrogens (tertiary/aromatic N) is 4. The summed E-state index contributed by atoms with van der Waals surface area (Å²) in [4.78, 5) is 14.5. The van der Waals surface area contributed by atoms with Crippen molar-refractivity contribution in [3.63, 3.8) is 0 Å². The first kappa shape index (κ1) is 15.1. The van der Waals surface area contributed by atoms with Gasteiger partial charge in [0.05, 0.1) is 17.4 Å². The first-order chi connectivity index (χ1) is 11.8. The zero-order valence-corrected chi connectivity index (χ0v) is 14.1. The Kier molecular flexibility index (Phi) is 3.94. The molecule has 0 aromatic heterocycles. The molecule has 1 atom stereocenters. The Morgan fingerprint density at radius 3 is 2.88 bits per heavy atom. The van der Waals surface area contributed by atoms with E-state index >= 15 is 0 Å². The lowest BCUT2D eigenvalue weighted by Crippen LogP contribution is -2.52.